The molecule has 136 valence electrons. The van der Waals surface area contributed by atoms with Gasteiger partial charge < -0.3 is 15.4 Å². The van der Waals surface area contributed by atoms with E-state index >= 15 is 0 Å². The quantitative estimate of drug-likeness (QED) is 0.393. The number of hydrogen-bond acceptors (Lipinski definition) is 4. The topological polar surface area (TPSA) is 76.4 Å². The normalized spacial score (nSPS) is 11.4. The highest BCUT2D eigenvalue weighted by Crippen LogP contribution is 2.14. The molecular formula is C18H28N6O. The van der Waals surface area contributed by atoms with Crippen LogP contribution in [0.25, 0.3) is 0 Å². The maximum absolute atomic E-state index is 5.76. The minimum Gasteiger partial charge on any atom is -0.477 e. The summed E-state index contributed by atoms with van der Waals surface area (Å²) in [5, 5.41) is 10.8. The van der Waals surface area contributed by atoms with Crippen LogP contribution in [0.3, 0.4) is 0 Å². The second kappa shape index (κ2) is 11.1. The zero-order valence-corrected chi connectivity index (χ0v) is 15.1. The van der Waals surface area contributed by atoms with Crippen LogP contribution in [0, 0.1) is 0 Å². The van der Waals surface area contributed by atoms with E-state index in [-0.39, 0.29) is 0 Å². The van der Waals surface area contributed by atoms with Crippen LogP contribution < -0.4 is 15.4 Å². The van der Waals surface area contributed by atoms with Crippen LogP contribution >= 0.6 is 0 Å². The summed E-state index contributed by atoms with van der Waals surface area (Å²) in [5.41, 5.74) is 1.03. The lowest BCUT2D eigenvalue weighted by atomic mass is 10.2. The number of nitrogens with one attached hydrogen (secondary N) is 2. The molecule has 2 aromatic heterocycles. The van der Waals surface area contributed by atoms with Crippen molar-refractivity contribution in [2.24, 2.45) is 4.99 Å². The van der Waals surface area contributed by atoms with Crippen LogP contribution in [0.15, 0.2) is 41.8 Å². The molecule has 0 aromatic carbocycles. The number of nitrogens with zero attached hydrogens (tertiary/aromatic N) is 4. The van der Waals surface area contributed by atoms with Gasteiger partial charge in [0.15, 0.2) is 5.96 Å². The molecule has 0 radical (unpaired) electrons. The Morgan fingerprint density at radius 2 is 2.16 bits per heavy atom. The Kier molecular flexibility index (Phi) is 8.31. The first-order valence-corrected chi connectivity index (χ1v) is 8.82. The van der Waals surface area contributed by atoms with E-state index in [2.05, 4.69) is 32.6 Å². The SMILES string of the molecule is CCCCOc1ncccc1CNC(=NC)NCCCn1cccn1. The molecular weight excluding hydrogens is 316 g/mol. The van der Waals surface area contributed by atoms with Gasteiger partial charge in [0, 0.05) is 50.8 Å². The molecule has 0 saturated heterocycles. The maximum atomic E-state index is 5.76. The molecule has 0 spiro atoms. The molecule has 0 saturated carbocycles. The minimum atomic E-state index is 0.619. The number of pyridine rings is 1. The number of ether oxygens (including phenoxy) is 1. The second-order valence-corrected chi connectivity index (χ2v) is 5.64. The summed E-state index contributed by atoms with van der Waals surface area (Å²) in [5.74, 6) is 1.46. The highest BCUT2D eigenvalue weighted by atomic mass is 16.5. The summed E-state index contributed by atoms with van der Waals surface area (Å²) >= 11 is 0. The Hall–Kier alpha value is -2.57. The van der Waals surface area contributed by atoms with Crippen molar-refractivity contribution in [2.45, 2.75) is 39.3 Å². The van der Waals surface area contributed by atoms with E-state index in [9.17, 15) is 0 Å². The smallest absolute Gasteiger partial charge is 0.218 e. The van der Waals surface area contributed by atoms with Crippen LogP contribution in [0.4, 0.5) is 0 Å². The minimum absolute atomic E-state index is 0.619. The van der Waals surface area contributed by atoms with E-state index in [1.807, 2.05) is 29.1 Å². The molecule has 0 aliphatic heterocycles. The number of unbranched alkanes of at least 4 members (excludes halogenated alkanes) is 1. The van der Waals surface area contributed by atoms with E-state index in [0.29, 0.717) is 19.0 Å². The summed E-state index contributed by atoms with van der Waals surface area (Å²) in [4.78, 5) is 8.58. The fraction of sp³-hybridized carbons (Fsp3) is 0.500. The summed E-state index contributed by atoms with van der Waals surface area (Å²) in [6.07, 6.45) is 8.63. The molecule has 2 N–H and O–H groups in total. The largest absolute Gasteiger partial charge is 0.477 e. The van der Waals surface area contributed by atoms with Crippen LogP contribution in [0.1, 0.15) is 31.7 Å². The van der Waals surface area contributed by atoms with Crippen molar-refractivity contribution in [2.75, 3.05) is 20.2 Å². The fourth-order valence-electron chi connectivity index (χ4n) is 2.28. The van der Waals surface area contributed by atoms with Crippen molar-refractivity contribution in [3.8, 4) is 5.88 Å². The molecule has 7 heteroatoms. The van der Waals surface area contributed by atoms with Gasteiger partial charge in [-0.25, -0.2) is 4.98 Å². The van der Waals surface area contributed by atoms with Crippen molar-refractivity contribution >= 4 is 5.96 Å². The molecule has 0 atom stereocenters. The summed E-state index contributed by atoms with van der Waals surface area (Å²) in [7, 11) is 1.77. The zero-order valence-electron chi connectivity index (χ0n) is 15.1. The molecule has 0 amide bonds. The average molecular weight is 344 g/mol. The van der Waals surface area contributed by atoms with E-state index in [1.165, 1.54) is 0 Å². The van der Waals surface area contributed by atoms with Crippen LogP contribution in [0.2, 0.25) is 0 Å². The monoisotopic (exact) mass is 344 g/mol. The zero-order chi connectivity index (χ0) is 17.7. The molecule has 25 heavy (non-hydrogen) atoms. The number of aromatic nitrogens is 3. The van der Waals surface area contributed by atoms with Gasteiger partial charge in [-0.2, -0.15) is 5.10 Å². The lowest BCUT2D eigenvalue weighted by Gasteiger charge is -2.14. The highest BCUT2D eigenvalue weighted by Gasteiger charge is 2.06. The number of aliphatic imine (C=N–C) groups is 1. The standard InChI is InChI=1S/C18H28N6O/c1-3-4-14-25-17-16(8-5-9-20-17)15-22-18(19-2)21-10-6-12-24-13-7-11-23-24/h5,7-9,11,13H,3-4,6,10,12,14-15H2,1-2H3,(H2,19,21,22). The van der Waals surface area contributed by atoms with E-state index < -0.39 is 0 Å². The van der Waals surface area contributed by atoms with Gasteiger partial charge in [-0.1, -0.05) is 19.4 Å². The summed E-state index contributed by atoms with van der Waals surface area (Å²) in [6, 6.07) is 5.87. The van der Waals surface area contributed by atoms with E-state index in [4.69, 9.17) is 4.74 Å². The third-order valence-corrected chi connectivity index (χ3v) is 3.67. The predicted octanol–water partition coefficient (Wildman–Crippen LogP) is 2.21. The Balaban J connectivity index is 1.74. The molecule has 2 heterocycles. The third-order valence-electron chi connectivity index (χ3n) is 3.67. The van der Waals surface area contributed by atoms with Gasteiger partial charge in [0.05, 0.1) is 6.61 Å². The summed E-state index contributed by atoms with van der Waals surface area (Å²) in [6.45, 7) is 5.17. The van der Waals surface area contributed by atoms with Gasteiger partial charge in [0.1, 0.15) is 0 Å². The van der Waals surface area contributed by atoms with Gasteiger partial charge in [0.2, 0.25) is 5.88 Å². The van der Waals surface area contributed by atoms with Gasteiger partial charge >= 0.3 is 0 Å². The van der Waals surface area contributed by atoms with Crippen molar-refractivity contribution in [1.82, 2.24) is 25.4 Å². The number of hydrogen-bond donors (Lipinski definition) is 2. The van der Waals surface area contributed by atoms with Crippen molar-refractivity contribution < 1.29 is 4.74 Å². The van der Waals surface area contributed by atoms with Crippen LogP contribution in [0.5, 0.6) is 5.88 Å². The van der Waals surface area contributed by atoms with Gasteiger partial charge in [-0.05, 0) is 25.0 Å². The molecule has 0 aliphatic rings. The second-order valence-electron chi connectivity index (χ2n) is 5.64. The maximum Gasteiger partial charge on any atom is 0.218 e. The molecule has 2 aromatic rings. The first kappa shape index (κ1) is 18.8. The first-order chi connectivity index (χ1) is 12.3. The Bertz CT molecular complexity index is 626. The lowest BCUT2D eigenvalue weighted by molar-refractivity contribution is 0.294. The Morgan fingerprint density at radius 1 is 1.24 bits per heavy atom. The van der Waals surface area contributed by atoms with Gasteiger partial charge in [-0.3, -0.25) is 9.67 Å². The third kappa shape index (κ3) is 6.82. The van der Waals surface area contributed by atoms with Crippen LogP contribution in [-0.2, 0) is 13.1 Å². The molecule has 0 aliphatic carbocycles. The lowest BCUT2D eigenvalue weighted by Crippen LogP contribution is -2.37. The van der Waals surface area contributed by atoms with Crippen LogP contribution in [-0.4, -0.2) is 40.9 Å². The van der Waals surface area contributed by atoms with Crippen molar-refractivity contribution in [3.05, 3.63) is 42.4 Å². The first-order valence-electron chi connectivity index (χ1n) is 8.82. The van der Waals surface area contributed by atoms with Gasteiger partial charge in [0.25, 0.3) is 0 Å². The molecule has 2 rings (SSSR count). The number of guanidine groups is 1. The van der Waals surface area contributed by atoms with Crippen molar-refractivity contribution in [1.29, 1.82) is 0 Å². The highest BCUT2D eigenvalue weighted by molar-refractivity contribution is 5.79. The summed E-state index contributed by atoms with van der Waals surface area (Å²) < 4.78 is 7.69. The van der Waals surface area contributed by atoms with E-state index in [1.54, 1.807) is 19.4 Å². The van der Waals surface area contributed by atoms with Crippen molar-refractivity contribution in [3.63, 3.8) is 0 Å². The average Bonchev–Trinajstić information content (AvgIpc) is 3.16. The molecule has 0 bridgehead atoms. The van der Waals surface area contributed by atoms with E-state index in [0.717, 1.165) is 43.9 Å². The Morgan fingerprint density at radius 3 is 2.92 bits per heavy atom. The Labute approximate surface area is 149 Å². The number of aryl methyl sites for hydroxylation is 1. The predicted molar refractivity (Wildman–Crippen MR) is 99.7 cm³/mol. The molecule has 7 nitrogen and oxygen atoms in total. The molecule has 0 unspecified atom stereocenters. The molecule has 0 fully saturated rings. The number of rotatable bonds is 10. The fourth-order valence-corrected chi connectivity index (χ4v) is 2.28. The van der Waals surface area contributed by atoms with Gasteiger partial charge in [-0.15, -0.1) is 0 Å².